The highest BCUT2D eigenvalue weighted by Crippen LogP contribution is 2.32. The van der Waals surface area contributed by atoms with Crippen molar-refractivity contribution in [2.75, 3.05) is 20.7 Å². The summed E-state index contributed by atoms with van der Waals surface area (Å²) in [4.78, 5) is 38.5. The smallest absolute Gasteiger partial charge is 0.410 e. The summed E-state index contributed by atoms with van der Waals surface area (Å²) in [6, 6.07) is 5.02. The van der Waals surface area contributed by atoms with Crippen LogP contribution < -0.4 is 15.8 Å². The van der Waals surface area contributed by atoms with Crippen molar-refractivity contribution >= 4 is 33.8 Å². The second kappa shape index (κ2) is 11.6. The normalized spacial score (nSPS) is 18.4. The fraction of sp³-hybridized carbons (Fsp3) is 0.435. The first-order valence-electron chi connectivity index (χ1n) is 11.5. The van der Waals surface area contributed by atoms with E-state index in [2.05, 4.69) is 19.9 Å². The summed E-state index contributed by atoms with van der Waals surface area (Å²) < 4.78 is 42.8. The van der Waals surface area contributed by atoms with Gasteiger partial charge in [-0.1, -0.05) is 29.4 Å². The summed E-state index contributed by atoms with van der Waals surface area (Å²) in [6.45, 7) is 2.44. The van der Waals surface area contributed by atoms with Crippen LogP contribution in [-0.2, 0) is 29.1 Å². The molecule has 5 N–H and O–H groups in total. The molecule has 1 saturated heterocycles. The van der Waals surface area contributed by atoms with E-state index in [0.29, 0.717) is 12.0 Å². The van der Waals surface area contributed by atoms with Crippen LogP contribution in [0.2, 0.25) is 0 Å². The lowest BCUT2D eigenvalue weighted by molar-refractivity contribution is -0.142. The van der Waals surface area contributed by atoms with Gasteiger partial charge in [-0.2, -0.15) is 4.72 Å². The van der Waals surface area contributed by atoms with Gasteiger partial charge in [-0.15, -0.1) is 0 Å². The van der Waals surface area contributed by atoms with Crippen LogP contribution in [0.5, 0.6) is 0 Å². The molecule has 0 unspecified atom stereocenters. The lowest BCUT2D eigenvalue weighted by atomic mass is 9.95. The fourth-order valence-electron chi connectivity index (χ4n) is 4.09. The molecular weight excluding hydrogens is 520 g/mol. The van der Waals surface area contributed by atoms with E-state index >= 15 is 0 Å². The number of carbonyl (C=O) groups excluding carboxylic acids is 3. The molecule has 1 fully saturated rings. The van der Waals surface area contributed by atoms with Gasteiger partial charge in [0.2, 0.25) is 15.9 Å². The standard InChI is InChI=1S/C23H30N6O8S/c1-12-20(13(2)37-27-12)38(33,34)28-17(22(31)35-4)11-26-19(30)10-16-9-18(29(3)23(32)36-16)14-5-7-15(8-6-14)21(24)25/h5-8,16-18,28H,9-11H2,1-4H3,(H3,24,25)(H,26,30)/t16-,17+,18+/m1/s1. The van der Waals surface area contributed by atoms with Crippen molar-refractivity contribution in [1.82, 2.24) is 20.1 Å². The van der Waals surface area contributed by atoms with Crippen molar-refractivity contribution in [1.29, 1.82) is 5.41 Å². The fourth-order valence-corrected chi connectivity index (χ4v) is 5.61. The summed E-state index contributed by atoms with van der Waals surface area (Å²) in [5, 5.41) is 13.6. The van der Waals surface area contributed by atoms with E-state index in [-0.39, 0.29) is 34.6 Å². The summed E-state index contributed by atoms with van der Waals surface area (Å²) in [5.41, 5.74) is 6.92. The van der Waals surface area contributed by atoms with E-state index in [1.807, 2.05) is 0 Å². The Kier molecular flexibility index (Phi) is 8.73. The lowest BCUT2D eigenvalue weighted by Gasteiger charge is -2.36. The quantitative estimate of drug-likeness (QED) is 0.183. The summed E-state index contributed by atoms with van der Waals surface area (Å²) >= 11 is 0. The molecule has 38 heavy (non-hydrogen) atoms. The Labute approximate surface area is 219 Å². The molecule has 3 rings (SSSR count). The molecule has 1 aromatic carbocycles. The molecule has 1 aliphatic heterocycles. The number of aromatic nitrogens is 1. The largest absolute Gasteiger partial charge is 0.468 e. The number of sulfonamides is 1. The first-order valence-corrected chi connectivity index (χ1v) is 13.0. The van der Waals surface area contributed by atoms with Crippen LogP contribution in [-0.4, -0.2) is 75.1 Å². The maximum Gasteiger partial charge on any atom is 0.410 e. The summed E-state index contributed by atoms with van der Waals surface area (Å²) in [6.07, 6.45) is -1.30. The molecule has 2 aromatic rings. The number of hydrogen-bond acceptors (Lipinski definition) is 10. The molecule has 0 radical (unpaired) electrons. The monoisotopic (exact) mass is 550 g/mol. The number of hydrogen-bond donors (Lipinski definition) is 4. The Morgan fingerprint density at radius 1 is 1.29 bits per heavy atom. The number of amides is 2. The first kappa shape index (κ1) is 28.6. The van der Waals surface area contributed by atoms with Crippen LogP contribution >= 0.6 is 0 Å². The predicted molar refractivity (Wildman–Crippen MR) is 133 cm³/mol. The Morgan fingerprint density at radius 2 is 1.95 bits per heavy atom. The zero-order chi connectivity index (χ0) is 28.2. The van der Waals surface area contributed by atoms with Gasteiger partial charge in [0, 0.05) is 25.6 Å². The third-order valence-electron chi connectivity index (χ3n) is 6.05. The summed E-state index contributed by atoms with van der Waals surface area (Å²) in [7, 11) is -1.56. The van der Waals surface area contributed by atoms with E-state index in [0.717, 1.165) is 12.7 Å². The number of ether oxygens (including phenoxy) is 2. The SMILES string of the molecule is COC(=O)[C@H](CNC(=O)C[C@H]1C[C@@H](c2ccc(C(=N)N)cc2)N(C)C(=O)O1)NS(=O)(=O)c1c(C)noc1C. The molecule has 2 heterocycles. The van der Waals surface area contributed by atoms with Gasteiger partial charge in [0.15, 0.2) is 5.76 Å². The highest BCUT2D eigenvalue weighted by molar-refractivity contribution is 7.89. The number of benzene rings is 1. The van der Waals surface area contributed by atoms with E-state index < -0.39 is 46.7 Å². The maximum atomic E-state index is 12.8. The van der Waals surface area contributed by atoms with Crippen LogP contribution in [0.25, 0.3) is 0 Å². The number of carbonyl (C=O) groups is 3. The van der Waals surface area contributed by atoms with Gasteiger partial charge in [0.1, 0.15) is 28.6 Å². The van der Waals surface area contributed by atoms with Crippen LogP contribution in [0.3, 0.4) is 0 Å². The van der Waals surface area contributed by atoms with Crippen molar-refractivity contribution in [3.63, 3.8) is 0 Å². The summed E-state index contributed by atoms with van der Waals surface area (Å²) in [5.74, 6) is -1.53. The first-order chi connectivity index (χ1) is 17.8. The van der Waals surface area contributed by atoms with E-state index in [1.54, 1.807) is 31.3 Å². The van der Waals surface area contributed by atoms with Gasteiger partial charge in [0.25, 0.3) is 0 Å². The van der Waals surface area contributed by atoms with Gasteiger partial charge in [-0.25, -0.2) is 13.2 Å². The van der Waals surface area contributed by atoms with Crippen LogP contribution in [0.15, 0.2) is 33.7 Å². The lowest BCUT2D eigenvalue weighted by Crippen LogP contribution is -2.49. The minimum Gasteiger partial charge on any atom is -0.468 e. The van der Waals surface area contributed by atoms with Gasteiger partial charge >= 0.3 is 12.1 Å². The highest BCUT2D eigenvalue weighted by atomic mass is 32.2. The van der Waals surface area contributed by atoms with E-state index in [1.165, 1.54) is 18.7 Å². The number of esters is 1. The average Bonchev–Trinajstić information content (AvgIpc) is 3.21. The number of methoxy groups -OCH3 is 1. The van der Waals surface area contributed by atoms with Crippen molar-refractivity contribution < 1.29 is 36.8 Å². The third kappa shape index (κ3) is 6.47. The Hall–Kier alpha value is -3.98. The number of rotatable bonds is 10. The molecule has 0 saturated carbocycles. The molecule has 1 aliphatic rings. The van der Waals surface area contributed by atoms with E-state index in [9.17, 15) is 22.8 Å². The average molecular weight is 551 g/mol. The number of amidine groups is 1. The second-order valence-electron chi connectivity index (χ2n) is 8.76. The zero-order valence-corrected chi connectivity index (χ0v) is 22.1. The Morgan fingerprint density at radius 3 is 2.50 bits per heavy atom. The van der Waals surface area contributed by atoms with Crippen molar-refractivity contribution in [2.45, 2.75) is 49.8 Å². The molecular formula is C23H30N6O8S. The number of nitrogen functional groups attached to an aromatic ring is 1. The maximum absolute atomic E-state index is 12.8. The predicted octanol–water partition coefficient (Wildman–Crippen LogP) is 0.484. The Balaban J connectivity index is 1.65. The Bertz CT molecular complexity index is 1300. The number of nitrogens with two attached hydrogens (primary N) is 1. The van der Waals surface area contributed by atoms with Crippen molar-refractivity contribution in [2.24, 2.45) is 5.73 Å². The molecule has 14 nitrogen and oxygen atoms in total. The molecule has 1 aromatic heterocycles. The zero-order valence-electron chi connectivity index (χ0n) is 21.3. The van der Waals surface area contributed by atoms with Gasteiger partial charge in [-0.3, -0.25) is 15.0 Å². The molecule has 2 amide bonds. The van der Waals surface area contributed by atoms with Crippen LogP contribution in [0, 0.1) is 19.3 Å². The van der Waals surface area contributed by atoms with Gasteiger partial charge in [-0.05, 0) is 19.4 Å². The third-order valence-corrected chi connectivity index (χ3v) is 7.77. The molecule has 0 aliphatic carbocycles. The molecule has 0 spiro atoms. The minimum atomic E-state index is -4.22. The topological polar surface area (TPSA) is 207 Å². The van der Waals surface area contributed by atoms with Crippen LogP contribution in [0.4, 0.5) is 4.79 Å². The molecule has 0 bridgehead atoms. The highest BCUT2D eigenvalue weighted by Gasteiger charge is 2.36. The molecule has 206 valence electrons. The van der Waals surface area contributed by atoms with E-state index in [4.69, 9.17) is 20.4 Å². The molecule has 15 heteroatoms. The number of cyclic esters (lactones) is 1. The number of aryl methyl sites for hydroxylation is 2. The minimum absolute atomic E-state index is 0.0391. The van der Waals surface area contributed by atoms with Crippen LogP contribution in [0.1, 0.15) is 41.5 Å². The number of nitrogens with zero attached hydrogens (tertiary/aromatic N) is 2. The van der Waals surface area contributed by atoms with Gasteiger partial charge < -0.3 is 29.9 Å². The van der Waals surface area contributed by atoms with Gasteiger partial charge in [0.05, 0.1) is 19.6 Å². The molecule has 3 atom stereocenters. The van der Waals surface area contributed by atoms with Crippen molar-refractivity contribution in [3.8, 4) is 0 Å². The second-order valence-corrected chi connectivity index (χ2v) is 10.4. The van der Waals surface area contributed by atoms with Crippen molar-refractivity contribution in [3.05, 3.63) is 46.8 Å². The number of nitrogens with one attached hydrogen (secondary N) is 3.